The van der Waals surface area contributed by atoms with E-state index in [0.717, 1.165) is 4.31 Å². The van der Waals surface area contributed by atoms with Crippen LogP contribution >= 0.6 is 0 Å². The number of hydrogen-bond acceptors (Lipinski definition) is 9. The zero-order chi connectivity index (χ0) is 29.0. The van der Waals surface area contributed by atoms with E-state index >= 15 is 0 Å². The predicted molar refractivity (Wildman–Crippen MR) is 150 cm³/mol. The van der Waals surface area contributed by atoms with Crippen LogP contribution in [0.15, 0.2) is 76.5 Å². The molecule has 0 radical (unpaired) electrons. The van der Waals surface area contributed by atoms with Crippen molar-refractivity contribution in [2.75, 3.05) is 62.8 Å². The van der Waals surface area contributed by atoms with Crippen LogP contribution in [0.5, 0.6) is 17.2 Å². The number of fused-ring (bicyclic) bond motifs is 1. The van der Waals surface area contributed by atoms with Crippen LogP contribution in [-0.2, 0) is 29.6 Å². The largest absolute Gasteiger partial charge is 0.495 e. The second-order valence-corrected chi connectivity index (χ2v) is 12.9. The van der Waals surface area contributed by atoms with Gasteiger partial charge < -0.3 is 24.3 Å². The first-order valence-electron chi connectivity index (χ1n) is 12.7. The second-order valence-electron chi connectivity index (χ2n) is 9.08. The topological polar surface area (TPSA) is 141 Å². The number of rotatable bonds is 9. The number of nitrogens with one attached hydrogen (secondary N) is 1. The number of ether oxygens (including phenoxy) is 4. The van der Waals surface area contributed by atoms with Crippen molar-refractivity contribution in [3.63, 3.8) is 0 Å². The number of carbonyl (C=O) groups is 1. The van der Waals surface area contributed by atoms with Gasteiger partial charge in [0.05, 0.1) is 30.9 Å². The van der Waals surface area contributed by atoms with E-state index in [0.29, 0.717) is 24.7 Å². The van der Waals surface area contributed by atoms with E-state index in [4.69, 9.17) is 18.9 Å². The lowest BCUT2D eigenvalue weighted by Crippen LogP contribution is -2.40. The van der Waals surface area contributed by atoms with Gasteiger partial charge in [0, 0.05) is 24.8 Å². The molecule has 0 spiro atoms. The van der Waals surface area contributed by atoms with E-state index in [9.17, 15) is 21.6 Å². The van der Waals surface area contributed by atoms with Gasteiger partial charge in [0.2, 0.25) is 15.9 Å². The van der Waals surface area contributed by atoms with Crippen molar-refractivity contribution in [1.82, 2.24) is 4.31 Å². The summed E-state index contributed by atoms with van der Waals surface area (Å²) in [6, 6.07) is 16.6. The number of morpholine rings is 1. The summed E-state index contributed by atoms with van der Waals surface area (Å²) >= 11 is 0. The number of carbonyl (C=O) groups excluding carboxylic acids is 1. The van der Waals surface area contributed by atoms with Crippen LogP contribution in [0.25, 0.3) is 0 Å². The van der Waals surface area contributed by atoms with Gasteiger partial charge in [-0.3, -0.25) is 9.10 Å². The Kier molecular flexibility index (Phi) is 8.35. The molecule has 0 atom stereocenters. The number of benzene rings is 3. The van der Waals surface area contributed by atoms with E-state index in [1.165, 1.54) is 53.9 Å². The Morgan fingerprint density at radius 1 is 0.902 bits per heavy atom. The molecule has 0 bridgehead atoms. The van der Waals surface area contributed by atoms with Crippen LogP contribution in [-0.4, -0.2) is 80.2 Å². The Labute approximate surface area is 238 Å². The van der Waals surface area contributed by atoms with Gasteiger partial charge in [-0.25, -0.2) is 16.8 Å². The zero-order valence-electron chi connectivity index (χ0n) is 22.2. The normalized spacial score (nSPS) is 15.6. The highest BCUT2D eigenvalue weighted by Crippen LogP contribution is 2.36. The average molecular weight is 604 g/mol. The maximum absolute atomic E-state index is 13.7. The molecule has 14 heteroatoms. The van der Waals surface area contributed by atoms with Crippen LogP contribution in [0.1, 0.15) is 0 Å². The molecule has 1 saturated heterocycles. The number of amides is 1. The minimum Gasteiger partial charge on any atom is -0.495 e. The molecular formula is C27H29N3O9S2. The Bertz CT molecular complexity index is 1620. The number of nitrogens with zero attached hydrogens (tertiary/aromatic N) is 2. The molecule has 0 aromatic heterocycles. The SMILES string of the molecule is COc1ccc(NC(=O)CN(c2ccc3c(c2)OCCO3)S(=O)(=O)c2ccccc2)cc1S(=O)(=O)N1CCOCC1. The smallest absolute Gasteiger partial charge is 0.264 e. The van der Waals surface area contributed by atoms with Crippen LogP contribution in [0.2, 0.25) is 0 Å². The summed E-state index contributed by atoms with van der Waals surface area (Å²) in [6.07, 6.45) is 0. The summed E-state index contributed by atoms with van der Waals surface area (Å²) in [5.74, 6) is 0.239. The molecule has 3 aromatic carbocycles. The third kappa shape index (κ3) is 6.10. The molecule has 12 nitrogen and oxygen atoms in total. The molecule has 41 heavy (non-hydrogen) atoms. The minimum atomic E-state index is -4.18. The Morgan fingerprint density at radius 3 is 2.32 bits per heavy atom. The standard InChI is InChI=1S/C27H29N3O9S2/c1-36-24-9-7-20(17-26(24)41(34,35)29-11-13-37-14-12-29)28-27(31)19-30(40(32,33)22-5-3-2-4-6-22)21-8-10-23-25(18-21)39-16-15-38-23/h2-10,17-18H,11-16,19H2,1H3,(H,28,31). The highest BCUT2D eigenvalue weighted by Gasteiger charge is 2.31. The molecule has 0 aliphatic carbocycles. The van der Waals surface area contributed by atoms with E-state index in [-0.39, 0.29) is 53.2 Å². The summed E-state index contributed by atoms with van der Waals surface area (Å²) in [6.45, 7) is 0.969. The van der Waals surface area contributed by atoms with E-state index in [2.05, 4.69) is 5.32 Å². The molecule has 2 aliphatic rings. The summed E-state index contributed by atoms with van der Waals surface area (Å²) in [5, 5.41) is 2.63. The number of methoxy groups -OCH3 is 1. The Morgan fingerprint density at radius 2 is 1.61 bits per heavy atom. The van der Waals surface area contributed by atoms with Gasteiger partial charge in [-0.2, -0.15) is 4.31 Å². The number of anilines is 2. The van der Waals surface area contributed by atoms with Gasteiger partial charge in [-0.15, -0.1) is 0 Å². The van der Waals surface area contributed by atoms with Crippen molar-refractivity contribution in [2.24, 2.45) is 0 Å². The third-order valence-electron chi connectivity index (χ3n) is 6.47. The highest BCUT2D eigenvalue weighted by atomic mass is 32.2. The lowest BCUT2D eigenvalue weighted by Gasteiger charge is -2.27. The Hall–Kier alpha value is -3.85. The van der Waals surface area contributed by atoms with Crippen LogP contribution in [0, 0.1) is 0 Å². The lowest BCUT2D eigenvalue weighted by molar-refractivity contribution is -0.114. The monoisotopic (exact) mass is 603 g/mol. The first-order chi connectivity index (χ1) is 19.7. The van der Waals surface area contributed by atoms with Crippen molar-refractivity contribution in [2.45, 2.75) is 9.79 Å². The van der Waals surface area contributed by atoms with Crippen molar-refractivity contribution in [3.8, 4) is 17.2 Å². The Balaban J connectivity index is 1.44. The summed E-state index contributed by atoms with van der Waals surface area (Å²) in [5.41, 5.74) is 0.348. The van der Waals surface area contributed by atoms with Crippen LogP contribution < -0.4 is 23.8 Å². The summed E-state index contributed by atoms with van der Waals surface area (Å²) in [4.78, 5) is 13.2. The van der Waals surface area contributed by atoms with Crippen molar-refractivity contribution in [3.05, 3.63) is 66.7 Å². The van der Waals surface area contributed by atoms with Crippen molar-refractivity contribution < 1.29 is 40.6 Å². The summed E-state index contributed by atoms with van der Waals surface area (Å²) in [7, 11) is -6.78. The molecule has 2 heterocycles. The van der Waals surface area contributed by atoms with E-state index in [1.54, 1.807) is 24.3 Å². The lowest BCUT2D eigenvalue weighted by atomic mass is 10.2. The van der Waals surface area contributed by atoms with Gasteiger partial charge in [-0.05, 0) is 42.5 Å². The van der Waals surface area contributed by atoms with Gasteiger partial charge >= 0.3 is 0 Å². The van der Waals surface area contributed by atoms with E-state index in [1.807, 2.05) is 0 Å². The maximum atomic E-state index is 13.7. The third-order valence-corrected chi connectivity index (χ3v) is 10.2. The molecule has 3 aromatic rings. The molecule has 0 saturated carbocycles. The average Bonchev–Trinajstić information content (AvgIpc) is 3.00. The van der Waals surface area contributed by atoms with Gasteiger partial charge in [0.1, 0.15) is 30.4 Å². The molecule has 218 valence electrons. The molecule has 0 unspecified atom stereocenters. The fraction of sp³-hybridized carbons (Fsp3) is 0.296. The minimum absolute atomic E-state index is 0.00831. The second kappa shape index (κ2) is 11.9. The number of sulfonamides is 2. The highest BCUT2D eigenvalue weighted by molar-refractivity contribution is 7.92. The molecule has 2 aliphatic heterocycles. The fourth-order valence-electron chi connectivity index (χ4n) is 4.43. The van der Waals surface area contributed by atoms with Crippen LogP contribution in [0.3, 0.4) is 0 Å². The quantitative estimate of drug-likeness (QED) is 0.390. The fourth-order valence-corrected chi connectivity index (χ4v) is 7.46. The molecule has 1 fully saturated rings. The zero-order valence-corrected chi connectivity index (χ0v) is 23.8. The molecule has 1 N–H and O–H groups in total. The van der Waals surface area contributed by atoms with E-state index < -0.39 is 32.5 Å². The molecular weight excluding hydrogens is 574 g/mol. The van der Waals surface area contributed by atoms with Gasteiger partial charge in [0.25, 0.3) is 10.0 Å². The first kappa shape index (κ1) is 28.7. The predicted octanol–water partition coefficient (Wildman–Crippen LogP) is 2.32. The molecule has 1 amide bonds. The van der Waals surface area contributed by atoms with Gasteiger partial charge in [0.15, 0.2) is 11.5 Å². The van der Waals surface area contributed by atoms with Crippen molar-refractivity contribution in [1.29, 1.82) is 0 Å². The van der Waals surface area contributed by atoms with Gasteiger partial charge in [-0.1, -0.05) is 18.2 Å². The first-order valence-corrected chi connectivity index (χ1v) is 15.6. The van der Waals surface area contributed by atoms with Crippen LogP contribution in [0.4, 0.5) is 11.4 Å². The summed E-state index contributed by atoms with van der Waals surface area (Å²) < 4.78 is 78.0. The van der Waals surface area contributed by atoms with Crippen molar-refractivity contribution >= 4 is 37.3 Å². The molecule has 5 rings (SSSR count). The maximum Gasteiger partial charge on any atom is 0.264 e. The number of hydrogen-bond donors (Lipinski definition) is 1.